The fourth-order valence-corrected chi connectivity index (χ4v) is 6.04. The van der Waals surface area contributed by atoms with Gasteiger partial charge in [0.05, 0.1) is 16.7 Å². The Hall–Kier alpha value is -2.51. The summed E-state index contributed by atoms with van der Waals surface area (Å²) in [6.07, 6.45) is 2.79. The largest absolute Gasteiger partial charge is 0.291 e. The van der Waals surface area contributed by atoms with Gasteiger partial charge in [-0.2, -0.15) is 5.01 Å². The summed E-state index contributed by atoms with van der Waals surface area (Å²) in [5.41, 5.74) is 0.263. The summed E-state index contributed by atoms with van der Waals surface area (Å²) in [6, 6.07) is 9.61. The molecule has 0 unspecified atom stereocenters. The lowest BCUT2D eigenvalue weighted by Crippen LogP contribution is -2.52. The topological polar surface area (TPSA) is 74.8 Å². The number of carbonyl (C=O) groups is 4. The van der Waals surface area contributed by atoms with Crippen LogP contribution in [0.2, 0.25) is 5.02 Å². The summed E-state index contributed by atoms with van der Waals surface area (Å²) >= 11 is 7.19. The molecule has 2 bridgehead atoms. The molecule has 3 fully saturated rings. The minimum absolute atomic E-state index is 0.196. The summed E-state index contributed by atoms with van der Waals surface area (Å²) in [7, 11) is 0. The molecule has 1 aromatic carbocycles. The van der Waals surface area contributed by atoms with Gasteiger partial charge >= 0.3 is 0 Å². The number of carbonyl (C=O) groups excluding carboxylic acids is 4. The number of nitrogens with zero attached hydrogens (tertiary/aromatic N) is 2. The molecule has 6 nitrogen and oxygen atoms in total. The van der Waals surface area contributed by atoms with Crippen LogP contribution in [0.15, 0.2) is 41.8 Å². The van der Waals surface area contributed by atoms with Crippen molar-refractivity contribution in [1.29, 1.82) is 0 Å². The lowest BCUT2D eigenvalue weighted by Gasteiger charge is -2.30. The van der Waals surface area contributed by atoms with Gasteiger partial charge in [-0.25, -0.2) is 5.01 Å². The van der Waals surface area contributed by atoms with Crippen LogP contribution in [0.3, 0.4) is 0 Å². The number of hydrogen-bond donors (Lipinski definition) is 0. The number of hydrazine groups is 1. The third-order valence-electron chi connectivity index (χ3n) is 6.56. The van der Waals surface area contributed by atoms with E-state index in [0.717, 1.165) is 29.3 Å². The zero-order valence-electron chi connectivity index (χ0n) is 16.0. The minimum Gasteiger partial charge on any atom is -0.291 e. The van der Waals surface area contributed by atoms with E-state index in [1.54, 1.807) is 29.6 Å². The average Bonchev–Trinajstić information content (AvgIpc) is 3.52. The molecule has 2 aromatic rings. The summed E-state index contributed by atoms with van der Waals surface area (Å²) in [6.45, 7) is -0.367. The van der Waals surface area contributed by atoms with Crippen molar-refractivity contribution >= 4 is 46.4 Å². The third kappa shape index (κ3) is 2.99. The van der Waals surface area contributed by atoms with E-state index < -0.39 is 5.91 Å². The molecule has 4 atom stereocenters. The Kier molecular flexibility index (Phi) is 4.75. The predicted octanol–water partition coefficient (Wildman–Crippen LogP) is 3.67. The molecule has 3 aliphatic rings. The first kappa shape index (κ1) is 19.5. The van der Waals surface area contributed by atoms with E-state index in [4.69, 9.17) is 11.6 Å². The van der Waals surface area contributed by atoms with Crippen LogP contribution in [0, 0.1) is 23.7 Å². The average molecular weight is 443 g/mol. The first-order chi connectivity index (χ1) is 14.5. The number of fused-ring (bicyclic) bond motifs is 5. The van der Waals surface area contributed by atoms with Crippen LogP contribution in [-0.4, -0.2) is 40.1 Å². The highest BCUT2D eigenvalue weighted by Gasteiger charge is 2.62. The normalized spacial score (nSPS) is 26.9. The monoisotopic (exact) mass is 442 g/mol. The van der Waals surface area contributed by atoms with E-state index in [0.29, 0.717) is 9.90 Å². The Labute approximate surface area is 182 Å². The smallest absolute Gasteiger partial charge is 0.273 e. The SMILES string of the molecule is O=C(CN(C(=O)c1ccc(Cl)cc1)N1C(=O)[C@@H]2[C@H]3CC[C@@H](C3)[C@@H]2C1=O)c1cccs1. The van der Waals surface area contributed by atoms with Crippen LogP contribution in [-0.2, 0) is 9.59 Å². The van der Waals surface area contributed by atoms with Crippen LogP contribution in [0.1, 0.15) is 39.3 Å². The quantitative estimate of drug-likeness (QED) is 0.523. The molecular formula is C22H19ClN2O4S. The van der Waals surface area contributed by atoms with Gasteiger partial charge in [-0.3, -0.25) is 19.2 Å². The number of Topliss-reactive ketones (excluding diaryl/α,β-unsaturated/α-hetero) is 1. The number of benzene rings is 1. The Morgan fingerprint density at radius 3 is 2.23 bits per heavy atom. The van der Waals surface area contributed by atoms with Gasteiger partial charge in [0.25, 0.3) is 17.7 Å². The molecular weight excluding hydrogens is 424 g/mol. The van der Waals surface area contributed by atoms with E-state index in [1.165, 1.54) is 23.5 Å². The lowest BCUT2D eigenvalue weighted by molar-refractivity contribution is -0.154. The van der Waals surface area contributed by atoms with E-state index >= 15 is 0 Å². The van der Waals surface area contributed by atoms with Crippen LogP contribution in [0.4, 0.5) is 0 Å². The van der Waals surface area contributed by atoms with Crippen molar-refractivity contribution in [3.8, 4) is 0 Å². The van der Waals surface area contributed by atoms with E-state index in [2.05, 4.69) is 0 Å². The second-order valence-electron chi connectivity index (χ2n) is 8.14. The van der Waals surface area contributed by atoms with Gasteiger partial charge < -0.3 is 0 Å². The molecule has 2 heterocycles. The number of thiophene rings is 1. The zero-order valence-corrected chi connectivity index (χ0v) is 17.6. The molecule has 30 heavy (non-hydrogen) atoms. The van der Waals surface area contributed by atoms with Gasteiger partial charge in [0.2, 0.25) is 0 Å². The van der Waals surface area contributed by atoms with E-state index in [-0.39, 0.29) is 53.4 Å². The maximum absolute atomic E-state index is 13.3. The Morgan fingerprint density at radius 1 is 1.03 bits per heavy atom. The van der Waals surface area contributed by atoms with Gasteiger partial charge in [0.1, 0.15) is 6.54 Å². The first-order valence-electron chi connectivity index (χ1n) is 9.97. The van der Waals surface area contributed by atoms with Gasteiger partial charge in [-0.1, -0.05) is 17.7 Å². The second kappa shape index (κ2) is 7.32. The van der Waals surface area contributed by atoms with Crippen molar-refractivity contribution in [3.63, 3.8) is 0 Å². The van der Waals surface area contributed by atoms with Crippen molar-refractivity contribution in [2.75, 3.05) is 6.54 Å². The van der Waals surface area contributed by atoms with Crippen molar-refractivity contribution < 1.29 is 19.2 Å². The molecule has 154 valence electrons. The van der Waals surface area contributed by atoms with Gasteiger partial charge in [-0.05, 0) is 66.8 Å². The number of imide groups is 1. The number of amides is 3. The molecule has 0 spiro atoms. The fraction of sp³-hybridized carbons (Fsp3) is 0.364. The molecule has 1 saturated heterocycles. The summed E-state index contributed by atoms with van der Waals surface area (Å²) < 4.78 is 0. The minimum atomic E-state index is -0.564. The molecule has 0 radical (unpaired) electrons. The van der Waals surface area contributed by atoms with Crippen molar-refractivity contribution in [2.45, 2.75) is 19.3 Å². The number of halogens is 1. The molecule has 8 heteroatoms. The highest BCUT2D eigenvalue weighted by atomic mass is 35.5. The maximum atomic E-state index is 13.3. The van der Waals surface area contributed by atoms with Crippen LogP contribution < -0.4 is 0 Å². The van der Waals surface area contributed by atoms with Crippen molar-refractivity contribution in [1.82, 2.24) is 10.0 Å². The second-order valence-corrected chi connectivity index (χ2v) is 9.53. The first-order valence-corrected chi connectivity index (χ1v) is 11.2. The number of hydrogen-bond acceptors (Lipinski definition) is 5. The molecule has 1 aliphatic heterocycles. The number of rotatable bonds is 5. The Morgan fingerprint density at radius 2 is 1.67 bits per heavy atom. The third-order valence-corrected chi connectivity index (χ3v) is 7.72. The summed E-state index contributed by atoms with van der Waals surface area (Å²) in [4.78, 5) is 53.1. The standard InChI is InChI=1S/C22H19ClN2O4S/c23-15-7-5-12(6-8-15)20(27)24(11-16(26)17-2-1-9-30-17)25-21(28)18-13-3-4-14(10-13)19(18)22(25)29/h1-2,5-9,13-14,18-19H,3-4,10-11H2/t13-,14-,18-,19+/m0/s1. The molecule has 1 aromatic heterocycles. The molecule has 0 N–H and O–H groups in total. The van der Waals surface area contributed by atoms with Crippen molar-refractivity contribution in [3.05, 3.63) is 57.2 Å². The molecule has 2 saturated carbocycles. The van der Waals surface area contributed by atoms with Gasteiger partial charge in [0.15, 0.2) is 5.78 Å². The van der Waals surface area contributed by atoms with Crippen LogP contribution >= 0.6 is 22.9 Å². The lowest BCUT2D eigenvalue weighted by atomic mass is 9.81. The maximum Gasteiger partial charge on any atom is 0.273 e. The Bertz CT molecular complexity index is 1010. The molecule has 3 amide bonds. The van der Waals surface area contributed by atoms with E-state index in [1.807, 2.05) is 0 Å². The van der Waals surface area contributed by atoms with Crippen LogP contribution in [0.25, 0.3) is 0 Å². The highest BCUT2D eigenvalue weighted by molar-refractivity contribution is 7.12. The molecule has 5 rings (SSSR count). The number of ketones is 1. The summed E-state index contributed by atoms with van der Waals surface area (Å²) in [5, 5.41) is 4.23. The Balaban J connectivity index is 1.50. The fourth-order valence-electron chi connectivity index (χ4n) is 5.26. The van der Waals surface area contributed by atoms with Gasteiger partial charge in [0, 0.05) is 10.6 Å². The molecule has 2 aliphatic carbocycles. The summed E-state index contributed by atoms with van der Waals surface area (Å²) in [5.74, 6) is -1.92. The van der Waals surface area contributed by atoms with Gasteiger partial charge in [-0.15, -0.1) is 11.3 Å². The van der Waals surface area contributed by atoms with Crippen molar-refractivity contribution in [2.24, 2.45) is 23.7 Å². The highest BCUT2D eigenvalue weighted by Crippen LogP contribution is 2.56. The predicted molar refractivity (Wildman–Crippen MR) is 111 cm³/mol. The van der Waals surface area contributed by atoms with E-state index in [9.17, 15) is 19.2 Å². The zero-order chi connectivity index (χ0) is 21.0. The van der Waals surface area contributed by atoms with Crippen LogP contribution in [0.5, 0.6) is 0 Å².